The van der Waals surface area contributed by atoms with Gasteiger partial charge in [0, 0.05) is 5.54 Å². The first-order valence-electron chi connectivity index (χ1n) is 6.72. The highest BCUT2D eigenvalue weighted by molar-refractivity contribution is 5.31. The molecule has 18 heavy (non-hydrogen) atoms. The predicted octanol–water partition coefficient (Wildman–Crippen LogP) is 2.89. The Balaban J connectivity index is 1.78. The van der Waals surface area contributed by atoms with Crippen molar-refractivity contribution in [3.63, 3.8) is 0 Å². The lowest BCUT2D eigenvalue weighted by Crippen LogP contribution is -2.46. The van der Waals surface area contributed by atoms with Crippen molar-refractivity contribution in [3.05, 3.63) is 29.6 Å². The van der Waals surface area contributed by atoms with Gasteiger partial charge >= 0.3 is 0 Å². The molecule has 2 saturated carbocycles. The number of nitrogens with two attached hydrogens (primary N) is 1. The van der Waals surface area contributed by atoms with E-state index < -0.39 is 0 Å². The molecule has 2 nitrogen and oxygen atoms in total. The zero-order chi connectivity index (χ0) is 12.8. The minimum atomic E-state index is -0.290. The van der Waals surface area contributed by atoms with Crippen LogP contribution in [0.5, 0.6) is 5.75 Å². The molecule has 3 rings (SSSR count). The summed E-state index contributed by atoms with van der Waals surface area (Å²) in [6.07, 6.45) is 5.75. The number of rotatable bonds is 3. The first-order chi connectivity index (χ1) is 8.60. The van der Waals surface area contributed by atoms with Crippen molar-refractivity contribution in [2.45, 2.75) is 37.6 Å². The van der Waals surface area contributed by atoms with Gasteiger partial charge in [0.15, 0.2) is 11.6 Å². The average molecular weight is 249 g/mol. The maximum Gasteiger partial charge on any atom is 0.165 e. The van der Waals surface area contributed by atoms with Crippen molar-refractivity contribution in [3.8, 4) is 5.75 Å². The largest absolute Gasteiger partial charge is 0.494 e. The molecule has 1 aromatic rings. The molecule has 98 valence electrons. The molecule has 2 aliphatic rings. The molecule has 0 aromatic heterocycles. The first-order valence-corrected chi connectivity index (χ1v) is 6.72. The third kappa shape index (κ3) is 1.91. The van der Waals surface area contributed by atoms with Gasteiger partial charge in [0.05, 0.1) is 7.11 Å². The van der Waals surface area contributed by atoms with E-state index in [4.69, 9.17) is 10.5 Å². The Bertz CT molecular complexity index is 462. The molecule has 3 unspecified atom stereocenters. The molecule has 2 bridgehead atoms. The summed E-state index contributed by atoms with van der Waals surface area (Å²) in [5.41, 5.74) is 7.43. The Morgan fingerprint density at radius 2 is 2.28 bits per heavy atom. The lowest BCUT2D eigenvalue weighted by atomic mass is 9.77. The molecule has 2 fully saturated rings. The molecular weight excluding hydrogens is 229 g/mol. The van der Waals surface area contributed by atoms with Crippen LogP contribution < -0.4 is 10.5 Å². The maximum absolute atomic E-state index is 13.7. The number of fused-ring (bicyclic) bond motifs is 2. The summed E-state index contributed by atoms with van der Waals surface area (Å²) in [4.78, 5) is 0. The van der Waals surface area contributed by atoms with Crippen LogP contribution in [0, 0.1) is 17.7 Å². The molecule has 3 heteroatoms. The molecule has 0 radical (unpaired) electrons. The van der Waals surface area contributed by atoms with Gasteiger partial charge in [-0.3, -0.25) is 0 Å². The van der Waals surface area contributed by atoms with Gasteiger partial charge in [0.1, 0.15) is 0 Å². The molecular formula is C15H20FNO. The monoisotopic (exact) mass is 249 g/mol. The Labute approximate surface area is 107 Å². The molecule has 0 amide bonds. The van der Waals surface area contributed by atoms with E-state index in [9.17, 15) is 4.39 Å². The van der Waals surface area contributed by atoms with Gasteiger partial charge < -0.3 is 10.5 Å². The van der Waals surface area contributed by atoms with Gasteiger partial charge in [0.2, 0.25) is 0 Å². The van der Waals surface area contributed by atoms with Gasteiger partial charge in [-0.15, -0.1) is 0 Å². The summed E-state index contributed by atoms with van der Waals surface area (Å²) < 4.78 is 18.6. The van der Waals surface area contributed by atoms with Crippen LogP contribution in [-0.2, 0) is 6.42 Å². The second-order valence-corrected chi connectivity index (χ2v) is 5.96. The molecule has 0 spiro atoms. The topological polar surface area (TPSA) is 35.2 Å². The van der Waals surface area contributed by atoms with Crippen LogP contribution in [0.3, 0.4) is 0 Å². The Hall–Kier alpha value is -1.09. The lowest BCUT2D eigenvalue weighted by Gasteiger charge is -2.34. The van der Waals surface area contributed by atoms with Crippen LogP contribution in [0.2, 0.25) is 0 Å². The second-order valence-electron chi connectivity index (χ2n) is 5.96. The van der Waals surface area contributed by atoms with Gasteiger partial charge in [-0.05, 0) is 55.2 Å². The van der Waals surface area contributed by atoms with E-state index in [-0.39, 0.29) is 11.4 Å². The van der Waals surface area contributed by atoms with Gasteiger partial charge in [-0.2, -0.15) is 0 Å². The number of benzene rings is 1. The third-order valence-corrected chi connectivity index (χ3v) is 4.77. The minimum Gasteiger partial charge on any atom is -0.494 e. The lowest BCUT2D eigenvalue weighted by molar-refractivity contribution is 0.269. The molecule has 0 heterocycles. The quantitative estimate of drug-likeness (QED) is 0.894. The Morgan fingerprint density at radius 3 is 2.83 bits per heavy atom. The molecule has 2 aliphatic carbocycles. The first kappa shape index (κ1) is 12.0. The Kier molecular flexibility index (Phi) is 2.81. The summed E-state index contributed by atoms with van der Waals surface area (Å²) >= 11 is 0. The van der Waals surface area contributed by atoms with Gasteiger partial charge in [-0.1, -0.05) is 12.5 Å². The van der Waals surface area contributed by atoms with Crippen LogP contribution in [-0.4, -0.2) is 12.6 Å². The standard InChI is InChI=1S/C15H20FNO/c1-18-14-5-3-11(7-13(14)16)9-15(17)8-10-2-4-12(15)6-10/h3,5,7,10,12H,2,4,6,8-9,17H2,1H3. The van der Waals surface area contributed by atoms with E-state index in [0.717, 1.165) is 24.3 Å². The van der Waals surface area contributed by atoms with Crippen molar-refractivity contribution in [2.75, 3.05) is 7.11 Å². The number of ether oxygens (including phenoxy) is 1. The van der Waals surface area contributed by atoms with Crippen molar-refractivity contribution in [2.24, 2.45) is 17.6 Å². The molecule has 1 aromatic carbocycles. The van der Waals surface area contributed by atoms with Gasteiger partial charge in [0.25, 0.3) is 0 Å². The minimum absolute atomic E-state index is 0.107. The zero-order valence-electron chi connectivity index (χ0n) is 10.8. The van der Waals surface area contributed by atoms with Crippen LogP contribution in [0.4, 0.5) is 4.39 Å². The average Bonchev–Trinajstić information content (AvgIpc) is 2.88. The summed E-state index contributed by atoms with van der Waals surface area (Å²) in [6.45, 7) is 0. The molecule has 2 N–H and O–H groups in total. The summed E-state index contributed by atoms with van der Waals surface area (Å²) in [5.74, 6) is 1.45. The zero-order valence-corrected chi connectivity index (χ0v) is 10.8. The third-order valence-electron chi connectivity index (χ3n) is 4.77. The normalized spacial score (nSPS) is 33.9. The molecule has 3 atom stereocenters. The molecule has 0 saturated heterocycles. The maximum atomic E-state index is 13.7. The summed E-state index contributed by atoms with van der Waals surface area (Å²) in [5, 5.41) is 0. The second kappa shape index (κ2) is 4.23. The summed E-state index contributed by atoms with van der Waals surface area (Å²) in [7, 11) is 1.48. The highest BCUT2D eigenvalue weighted by Gasteiger charge is 2.48. The van der Waals surface area contributed by atoms with Crippen LogP contribution >= 0.6 is 0 Å². The smallest absolute Gasteiger partial charge is 0.165 e. The fourth-order valence-electron chi connectivity index (χ4n) is 3.90. The summed E-state index contributed by atoms with van der Waals surface area (Å²) in [6, 6.07) is 5.20. The van der Waals surface area contributed by atoms with Crippen LogP contribution in [0.25, 0.3) is 0 Å². The number of methoxy groups -OCH3 is 1. The van der Waals surface area contributed by atoms with Crippen molar-refractivity contribution in [1.82, 2.24) is 0 Å². The van der Waals surface area contributed by atoms with Crippen molar-refractivity contribution >= 4 is 0 Å². The number of hydrogen-bond donors (Lipinski definition) is 1. The Morgan fingerprint density at radius 1 is 1.44 bits per heavy atom. The predicted molar refractivity (Wildman–Crippen MR) is 69.0 cm³/mol. The van der Waals surface area contributed by atoms with E-state index in [2.05, 4.69) is 0 Å². The van der Waals surface area contributed by atoms with E-state index in [1.807, 2.05) is 6.07 Å². The highest BCUT2D eigenvalue weighted by atomic mass is 19.1. The van der Waals surface area contributed by atoms with Crippen molar-refractivity contribution < 1.29 is 9.13 Å². The number of halogens is 1. The van der Waals surface area contributed by atoms with E-state index in [1.165, 1.54) is 26.4 Å². The van der Waals surface area contributed by atoms with E-state index in [0.29, 0.717) is 11.7 Å². The van der Waals surface area contributed by atoms with Gasteiger partial charge in [-0.25, -0.2) is 4.39 Å². The van der Waals surface area contributed by atoms with Crippen LogP contribution in [0.1, 0.15) is 31.2 Å². The van der Waals surface area contributed by atoms with E-state index in [1.54, 1.807) is 12.1 Å². The number of hydrogen-bond acceptors (Lipinski definition) is 2. The van der Waals surface area contributed by atoms with Crippen LogP contribution in [0.15, 0.2) is 18.2 Å². The SMILES string of the molecule is COc1ccc(CC2(N)CC3CCC2C3)cc1F. The molecule has 0 aliphatic heterocycles. The van der Waals surface area contributed by atoms with Crippen molar-refractivity contribution in [1.29, 1.82) is 0 Å². The van der Waals surface area contributed by atoms with E-state index >= 15 is 0 Å². The fourth-order valence-corrected chi connectivity index (χ4v) is 3.90. The fraction of sp³-hybridized carbons (Fsp3) is 0.600. The highest BCUT2D eigenvalue weighted by Crippen LogP contribution is 2.50.